The smallest absolute Gasteiger partial charge is 0.136 e. The lowest BCUT2D eigenvalue weighted by atomic mass is 9.94. The molecule has 0 atom stereocenters. The van der Waals surface area contributed by atoms with Crippen LogP contribution in [-0.2, 0) is 0 Å². The molecule has 3 nitrogen and oxygen atoms in total. The van der Waals surface area contributed by atoms with E-state index in [4.69, 9.17) is 4.42 Å². The van der Waals surface area contributed by atoms with Gasteiger partial charge in [0.05, 0.1) is 11.0 Å². The van der Waals surface area contributed by atoms with E-state index < -0.39 is 0 Å². The quantitative estimate of drug-likeness (QED) is 0.163. The topological polar surface area (TPSA) is 21.3 Å². The first-order chi connectivity index (χ1) is 28.3. The molecule has 0 aliphatic heterocycles. The molecule has 0 spiro atoms. The second kappa shape index (κ2) is 13.6. The average Bonchev–Trinajstić information content (AvgIpc) is 3.83. The maximum atomic E-state index is 6.26. The van der Waals surface area contributed by atoms with Crippen LogP contribution in [0.15, 0.2) is 223 Å². The summed E-state index contributed by atoms with van der Waals surface area (Å²) in [5.74, 6) is 0. The van der Waals surface area contributed by atoms with Crippen molar-refractivity contribution in [2.75, 3.05) is 4.90 Å². The largest absolute Gasteiger partial charge is 0.456 e. The van der Waals surface area contributed by atoms with Crippen molar-refractivity contribution < 1.29 is 4.42 Å². The van der Waals surface area contributed by atoms with Gasteiger partial charge in [0, 0.05) is 44.3 Å². The summed E-state index contributed by atoms with van der Waals surface area (Å²) in [7, 11) is 0. The van der Waals surface area contributed by atoms with Crippen molar-refractivity contribution in [1.29, 1.82) is 0 Å². The van der Waals surface area contributed by atoms with Crippen LogP contribution >= 0.6 is 0 Å². The minimum atomic E-state index is 0.897. The predicted octanol–water partition coefficient (Wildman–Crippen LogP) is 15.2. The summed E-state index contributed by atoms with van der Waals surface area (Å²) < 4.78 is 8.65. The highest BCUT2D eigenvalue weighted by atomic mass is 16.3. The molecule has 0 aliphatic rings. The van der Waals surface area contributed by atoms with Gasteiger partial charge in [-0.15, -0.1) is 0 Å². The molecule has 9 aromatic carbocycles. The van der Waals surface area contributed by atoms with E-state index in [1.165, 1.54) is 38.5 Å². The zero-order valence-electron chi connectivity index (χ0n) is 31.1. The Hall–Kier alpha value is -7.62. The highest BCUT2D eigenvalue weighted by Crippen LogP contribution is 2.41. The zero-order chi connectivity index (χ0) is 37.7. The van der Waals surface area contributed by atoms with Gasteiger partial charge in [-0.25, -0.2) is 0 Å². The first kappa shape index (κ1) is 32.8. The summed E-state index contributed by atoms with van der Waals surface area (Å²) in [5.41, 5.74) is 15.5. The van der Waals surface area contributed by atoms with Gasteiger partial charge >= 0.3 is 0 Å². The number of benzene rings is 9. The molecule has 0 amide bonds. The third-order valence-electron chi connectivity index (χ3n) is 11.2. The molecule has 0 fully saturated rings. The third-order valence-corrected chi connectivity index (χ3v) is 11.2. The van der Waals surface area contributed by atoms with E-state index in [2.05, 4.69) is 216 Å². The van der Waals surface area contributed by atoms with Crippen molar-refractivity contribution in [3.8, 4) is 39.1 Å². The molecule has 0 saturated carbocycles. The van der Waals surface area contributed by atoms with E-state index in [-0.39, 0.29) is 0 Å². The van der Waals surface area contributed by atoms with E-state index in [0.717, 1.165) is 61.4 Å². The Morgan fingerprint density at radius 3 is 1.63 bits per heavy atom. The Balaban J connectivity index is 1.06. The van der Waals surface area contributed by atoms with E-state index in [9.17, 15) is 0 Å². The normalized spacial score (nSPS) is 11.5. The average molecular weight is 729 g/mol. The summed E-state index contributed by atoms with van der Waals surface area (Å²) in [6.45, 7) is 0. The number of anilines is 3. The summed E-state index contributed by atoms with van der Waals surface area (Å²) in [6, 6.07) is 78.2. The number of rotatable bonds is 7. The Morgan fingerprint density at radius 2 is 0.877 bits per heavy atom. The van der Waals surface area contributed by atoms with E-state index >= 15 is 0 Å². The molecule has 0 bridgehead atoms. The summed E-state index contributed by atoms with van der Waals surface area (Å²) in [6.07, 6.45) is 0. The number of para-hydroxylation sites is 3. The van der Waals surface area contributed by atoms with Crippen molar-refractivity contribution in [2.24, 2.45) is 0 Å². The highest BCUT2D eigenvalue weighted by molar-refractivity contribution is 6.09. The molecule has 11 rings (SSSR count). The standard InChI is InChI=1S/C54H36N2O/c1-2-14-38(15-3-1)45-20-4-5-21-46(45)40-16-12-17-42(34-40)55(41-31-28-37(29-32-41)39-30-33-50-49-24-8-11-27-53(49)57-54(50)35-39)43-18-13-19-44(36-43)56-51-25-9-6-22-47(51)48-23-7-10-26-52(48)56/h1-36H. The SMILES string of the molecule is c1ccc(-c2ccccc2-c2cccc(N(c3ccc(-c4ccc5c(c4)oc4ccccc45)cc3)c3cccc(-n4c5ccccc5c5ccccc54)c3)c2)cc1. The van der Waals surface area contributed by atoms with Crippen LogP contribution in [0.2, 0.25) is 0 Å². The van der Waals surface area contributed by atoms with Crippen LogP contribution in [0.5, 0.6) is 0 Å². The van der Waals surface area contributed by atoms with Crippen molar-refractivity contribution in [1.82, 2.24) is 4.57 Å². The van der Waals surface area contributed by atoms with Gasteiger partial charge < -0.3 is 13.9 Å². The van der Waals surface area contributed by atoms with Gasteiger partial charge in [0.15, 0.2) is 0 Å². The van der Waals surface area contributed by atoms with Gasteiger partial charge in [0.25, 0.3) is 0 Å². The van der Waals surface area contributed by atoms with Gasteiger partial charge in [-0.05, 0) is 106 Å². The minimum Gasteiger partial charge on any atom is -0.456 e. The Bertz CT molecular complexity index is 3190. The minimum absolute atomic E-state index is 0.897. The second-order valence-corrected chi connectivity index (χ2v) is 14.5. The molecule has 0 aliphatic carbocycles. The molecule has 57 heavy (non-hydrogen) atoms. The maximum Gasteiger partial charge on any atom is 0.136 e. The second-order valence-electron chi connectivity index (χ2n) is 14.5. The Kier molecular flexibility index (Phi) is 7.82. The molecule has 0 saturated heterocycles. The lowest BCUT2D eigenvalue weighted by Crippen LogP contribution is -2.10. The molecule has 0 unspecified atom stereocenters. The summed E-state index contributed by atoms with van der Waals surface area (Å²) in [4.78, 5) is 2.37. The lowest BCUT2D eigenvalue weighted by molar-refractivity contribution is 0.669. The number of furan rings is 1. The first-order valence-electron chi connectivity index (χ1n) is 19.4. The third kappa shape index (κ3) is 5.68. The van der Waals surface area contributed by atoms with Crippen LogP contribution < -0.4 is 4.90 Å². The molecule has 0 N–H and O–H groups in total. The van der Waals surface area contributed by atoms with Crippen LogP contribution in [-0.4, -0.2) is 4.57 Å². The van der Waals surface area contributed by atoms with E-state index in [0.29, 0.717) is 0 Å². The van der Waals surface area contributed by atoms with Crippen LogP contribution in [0.1, 0.15) is 0 Å². The van der Waals surface area contributed by atoms with E-state index in [1.807, 2.05) is 12.1 Å². The van der Waals surface area contributed by atoms with E-state index in [1.54, 1.807) is 0 Å². The summed E-state index contributed by atoms with van der Waals surface area (Å²) in [5, 5.41) is 4.77. The first-order valence-corrected chi connectivity index (χ1v) is 19.4. The Labute approximate surface area is 330 Å². The highest BCUT2D eigenvalue weighted by Gasteiger charge is 2.18. The fraction of sp³-hybridized carbons (Fsp3) is 0. The number of nitrogens with zero attached hydrogens (tertiary/aromatic N) is 2. The number of fused-ring (bicyclic) bond motifs is 6. The fourth-order valence-corrected chi connectivity index (χ4v) is 8.54. The van der Waals surface area contributed by atoms with Gasteiger partial charge in [0.1, 0.15) is 11.2 Å². The van der Waals surface area contributed by atoms with Crippen molar-refractivity contribution in [2.45, 2.75) is 0 Å². The van der Waals surface area contributed by atoms with Gasteiger partial charge in [-0.2, -0.15) is 0 Å². The molecule has 268 valence electrons. The number of aromatic nitrogens is 1. The molecule has 2 aromatic heterocycles. The molecule has 11 aromatic rings. The molecule has 0 radical (unpaired) electrons. The van der Waals surface area contributed by atoms with Crippen LogP contribution in [0, 0.1) is 0 Å². The predicted molar refractivity (Wildman–Crippen MR) is 239 cm³/mol. The van der Waals surface area contributed by atoms with Crippen LogP contribution in [0.25, 0.3) is 82.8 Å². The number of hydrogen-bond acceptors (Lipinski definition) is 2. The molecule has 2 heterocycles. The monoisotopic (exact) mass is 728 g/mol. The maximum absolute atomic E-state index is 6.26. The van der Waals surface area contributed by atoms with Crippen molar-refractivity contribution >= 4 is 60.8 Å². The van der Waals surface area contributed by atoms with Crippen LogP contribution in [0.4, 0.5) is 17.1 Å². The number of hydrogen-bond donors (Lipinski definition) is 0. The van der Waals surface area contributed by atoms with Crippen molar-refractivity contribution in [3.05, 3.63) is 218 Å². The Morgan fingerprint density at radius 1 is 0.316 bits per heavy atom. The van der Waals surface area contributed by atoms with Gasteiger partial charge in [-0.1, -0.05) is 146 Å². The van der Waals surface area contributed by atoms with Gasteiger partial charge in [0.2, 0.25) is 0 Å². The zero-order valence-corrected chi connectivity index (χ0v) is 31.1. The molecular formula is C54H36N2O. The van der Waals surface area contributed by atoms with Crippen LogP contribution in [0.3, 0.4) is 0 Å². The summed E-state index contributed by atoms with van der Waals surface area (Å²) >= 11 is 0. The van der Waals surface area contributed by atoms with Crippen molar-refractivity contribution in [3.63, 3.8) is 0 Å². The lowest BCUT2D eigenvalue weighted by Gasteiger charge is -2.27. The molecular weight excluding hydrogens is 693 g/mol. The molecule has 3 heteroatoms. The fourth-order valence-electron chi connectivity index (χ4n) is 8.54. The van der Waals surface area contributed by atoms with Gasteiger partial charge in [-0.3, -0.25) is 0 Å².